The minimum absolute atomic E-state index is 0. The number of sulfonamides is 1. The molecule has 0 amide bonds. The van der Waals surface area contributed by atoms with Crippen LogP contribution < -0.4 is 41.5 Å². The van der Waals surface area contributed by atoms with E-state index in [4.69, 9.17) is 42.3 Å². The van der Waals surface area contributed by atoms with Gasteiger partial charge in [-0.2, -0.15) is 28.1 Å². The van der Waals surface area contributed by atoms with Gasteiger partial charge in [0.15, 0.2) is 11.5 Å². The molecule has 0 saturated carbocycles. The van der Waals surface area contributed by atoms with E-state index in [9.17, 15) is 50.1 Å². The van der Waals surface area contributed by atoms with Gasteiger partial charge in [-0.15, -0.1) is 10.2 Å². The van der Waals surface area contributed by atoms with Crippen LogP contribution in [0, 0.1) is 6.92 Å². The summed E-state index contributed by atoms with van der Waals surface area (Å²) < 4.78 is 122. The van der Waals surface area contributed by atoms with Crippen LogP contribution >= 0.6 is 47.7 Å². The number of anilines is 4. The van der Waals surface area contributed by atoms with Crippen LogP contribution in [-0.2, 0) is 81.3 Å². The molecule has 0 saturated heterocycles. The molecule has 35 nitrogen and oxygen atoms in total. The molecular weight excluding hydrogens is 1510 g/mol. The number of fused-ring (bicyclic) bond motifs is 20. The second-order valence-electron chi connectivity index (χ2n) is 20.9. The Morgan fingerprint density at radius 2 is 1.11 bits per heavy atom. The van der Waals surface area contributed by atoms with E-state index in [-0.39, 0.29) is 168 Å². The maximum Gasteiger partial charge on any atom is 2.00 e. The minimum atomic E-state index is -5.09. The van der Waals surface area contributed by atoms with Gasteiger partial charge in [0, 0.05) is 66.7 Å². The number of nitrogens with zero attached hydrogens (tertiary/aromatic N) is 15. The fourth-order valence-electron chi connectivity index (χ4n) is 10.4. The summed E-state index contributed by atoms with van der Waals surface area (Å²) in [6.45, 7) is 1.68. The first kappa shape index (κ1) is 69.8. The van der Waals surface area contributed by atoms with E-state index in [0.717, 1.165) is 24.3 Å². The Hall–Kier alpha value is -9.64. The van der Waals surface area contributed by atoms with Gasteiger partial charge in [-0.25, -0.2) is 44.9 Å². The molecule has 0 fully saturated rings. The molecule has 7 aromatic carbocycles. The Morgan fingerprint density at radius 3 is 1.75 bits per heavy atom. The molecule has 2 aliphatic heterocycles. The van der Waals surface area contributed by atoms with Crippen LogP contribution in [0.4, 0.5) is 34.5 Å². The zero-order valence-electron chi connectivity index (χ0n) is 49.9. The molecule has 43 heteroatoms. The van der Waals surface area contributed by atoms with Crippen molar-refractivity contribution in [3.8, 4) is 51.2 Å². The minimum Gasteiger partial charge on any atom is -0.744 e. The van der Waals surface area contributed by atoms with E-state index < -0.39 is 40.1 Å². The van der Waals surface area contributed by atoms with Crippen molar-refractivity contribution in [1.82, 2.24) is 64.6 Å². The van der Waals surface area contributed by atoms with Crippen LogP contribution in [-0.4, -0.2) is 89.0 Å². The van der Waals surface area contributed by atoms with Crippen LogP contribution in [0.3, 0.4) is 0 Å². The fourth-order valence-corrected chi connectivity index (χ4v) is 14.1. The van der Waals surface area contributed by atoms with Crippen molar-refractivity contribution in [2.24, 2.45) is 10.2 Å². The monoisotopic (exact) mass is 1540 g/mol. The van der Waals surface area contributed by atoms with Gasteiger partial charge in [-0.1, -0.05) is 48.5 Å². The van der Waals surface area contributed by atoms with Crippen molar-refractivity contribution in [3.05, 3.63) is 162 Å². The van der Waals surface area contributed by atoms with E-state index in [1.54, 1.807) is 31.2 Å². The Morgan fingerprint density at radius 1 is 0.554 bits per heavy atom. The van der Waals surface area contributed by atoms with E-state index in [0.29, 0.717) is 63.4 Å². The maximum atomic E-state index is 14.6. The number of aromatic nitrogens is 13. The molecular formula is C58H32ClN18NiO17S6-5. The van der Waals surface area contributed by atoms with Crippen molar-refractivity contribution >= 4 is 157 Å². The number of aryl methyl sites for hydroxylation is 1. The summed E-state index contributed by atoms with van der Waals surface area (Å²) in [5.74, 6) is -0.520. The number of hydrogen-bond acceptors (Lipinski definition) is 34. The molecule has 0 spiro atoms. The number of nitrogen functional groups attached to an aromatic ring is 1. The van der Waals surface area contributed by atoms with Crippen molar-refractivity contribution < 1.29 is 94.7 Å². The third-order valence-corrected chi connectivity index (χ3v) is 19.9. The first-order valence-corrected chi connectivity index (χ1v) is 34.9. The molecule has 0 atom stereocenters. The average molecular weight is 1540 g/mol. The molecule has 0 radical (unpaired) electrons. The van der Waals surface area contributed by atoms with E-state index in [1.807, 2.05) is 18.2 Å². The zero-order valence-corrected chi connectivity index (χ0v) is 56.5. The van der Waals surface area contributed by atoms with Crippen LogP contribution in [0.15, 0.2) is 179 Å². The molecule has 4 N–H and O–H groups in total. The summed E-state index contributed by atoms with van der Waals surface area (Å²) in [5, 5.41) is 60.5. The van der Waals surface area contributed by atoms with Crippen molar-refractivity contribution in [2.45, 2.75) is 42.7 Å². The van der Waals surface area contributed by atoms with Crippen LogP contribution in [0.5, 0.6) is 0 Å². The zero-order chi connectivity index (χ0) is 69.8. The summed E-state index contributed by atoms with van der Waals surface area (Å²) in [6.07, 6.45) is -0.161. The SMILES string of the molecule is Cc1nn(-c2ccccc2)c(N)c1N=Nc1cc(Cc2nc(Cl)nc(Nc3cccc(NS(=O)(=O)c4ccc5c(c4)-c4nc-5nc5[n-]c(nc6nc(nc7[n-]c(n4)c4ccc(SOO[O-])cc74)-c4ccc(S(=O)(=O)[O-])cc4-6)c4ccc(S(=O)(=O)[O-])cc54)c3)n2)c(SOO[O-])cc1SOO[O-].[Ni+2]. The fraction of sp³-hybridized carbons (Fsp3) is 0.0345. The topological polar surface area (TPSA) is 510 Å². The van der Waals surface area contributed by atoms with Crippen LogP contribution in [0.2, 0.25) is 5.28 Å². The van der Waals surface area contributed by atoms with E-state index in [1.165, 1.54) is 77.5 Å². The molecule has 0 aliphatic carbocycles. The molecule has 101 heavy (non-hydrogen) atoms. The third kappa shape index (κ3) is 14.5. The van der Waals surface area contributed by atoms with Gasteiger partial charge in [-0.05, 0) is 137 Å². The third-order valence-electron chi connectivity index (χ3n) is 14.8. The Labute approximate surface area is 593 Å². The summed E-state index contributed by atoms with van der Waals surface area (Å²) in [4.78, 5) is 49.8. The van der Waals surface area contributed by atoms with Gasteiger partial charge in [0.05, 0.1) is 96.1 Å². The standard InChI is InChI=1S/C58H37ClN18O17S6.Ni/c1-26-47(48(60)77(75-26)30-8-3-2-4-9-30)74-73-43-18-27(44(96-93-90-79)25-45(43)97-94-91-80)19-46-62-57(59)72-58(63-46)61-28-6-5-7-29(20-28)76-98(81,82)32-11-15-36-40(22-32)54-66-49-35-14-10-31(95-92-89-78)21-39(35)53(64-49)65-51-37-16-12-33(99(83,84)85)23-41(37)56(69-51)71-52-38-17-13-34(100(86,87)88)24-42(38)55(70-52)68-50(36)67-54;/h2-18,20-25,76H,19,60H2,1H3,(H6-2,61,62,63,64,65,66,67,68,69,70,71,72,78,79,80,83,84,85,86,87,88);/q-2;+2/p-5. The normalized spacial score (nSPS) is 12.3. The van der Waals surface area contributed by atoms with Crippen LogP contribution in [0.1, 0.15) is 17.1 Å². The number of rotatable bonds is 21. The molecule has 7 heterocycles. The molecule has 514 valence electrons. The predicted octanol–water partition coefficient (Wildman–Crippen LogP) is 7.09. The summed E-state index contributed by atoms with van der Waals surface area (Å²) in [6, 6.07) is 33.2. The van der Waals surface area contributed by atoms with Crippen LogP contribution in [0.25, 0.3) is 95.4 Å². The first-order chi connectivity index (χ1) is 48.1. The number of azo groups is 1. The second kappa shape index (κ2) is 28.4. The number of nitrogens with two attached hydrogens (primary N) is 1. The number of nitrogens with one attached hydrogen (secondary N) is 2. The van der Waals surface area contributed by atoms with Gasteiger partial charge < -0.3 is 65.8 Å². The molecule has 5 aromatic heterocycles. The summed E-state index contributed by atoms with van der Waals surface area (Å²) in [7, 11) is -14.7. The largest absolute Gasteiger partial charge is 2.00 e. The molecule has 12 aromatic rings. The number of halogens is 1. The summed E-state index contributed by atoms with van der Waals surface area (Å²) in [5.41, 5.74) is 8.42. The van der Waals surface area contributed by atoms with Crippen molar-refractivity contribution in [2.75, 3.05) is 15.8 Å². The van der Waals surface area contributed by atoms with Gasteiger partial charge in [0.1, 0.15) is 31.7 Å². The van der Waals surface area contributed by atoms with Gasteiger partial charge in [0.2, 0.25) is 11.2 Å². The van der Waals surface area contributed by atoms with Gasteiger partial charge in [0.25, 0.3) is 10.0 Å². The molecule has 8 bridgehead atoms. The van der Waals surface area contributed by atoms with E-state index >= 15 is 0 Å². The number of hydrogen-bond donors (Lipinski definition) is 3. The van der Waals surface area contributed by atoms with Crippen molar-refractivity contribution in [1.29, 1.82) is 0 Å². The number of para-hydroxylation sites is 1. The first-order valence-electron chi connectivity index (χ1n) is 28.0. The Balaban J connectivity index is 0.00000912. The smallest absolute Gasteiger partial charge is 0.744 e. The molecule has 0 unspecified atom stereocenters. The predicted molar refractivity (Wildman–Crippen MR) is 346 cm³/mol. The Kier molecular flexibility index (Phi) is 19.6. The molecule has 2 aliphatic rings. The summed E-state index contributed by atoms with van der Waals surface area (Å²) >= 11 is 7.99. The van der Waals surface area contributed by atoms with Gasteiger partial charge in [-0.3, -0.25) is 19.8 Å². The maximum absolute atomic E-state index is 14.6. The second-order valence-corrected chi connectivity index (χ2v) is 27.9. The quantitative estimate of drug-likeness (QED) is 0.0161. The Bertz CT molecular complexity index is 5930. The number of benzene rings is 7. The average Bonchev–Trinajstić information content (AvgIpc) is 1.60. The van der Waals surface area contributed by atoms with Crippen molar-refractivity contribution in [3.63, 3.8) is 0 Å². The molecule has 14 rings (SSSR count). The van der Waals surface area contributed by atoms with E-state index in [2.05, 4.69) is 83.4 Å². The van der Waals surface area contributed by atoms with Gasteiger partial charge >= 0.3 is 16.5 Å².